The van der Waals surface area contributed by atoms with Crippen LogP contribution in [0.1, 0.15) is 24.1 Å². The zero-order valence-electron chi connectivity index (χ0n) is 13.9. The summed E-state index contributed by atoms with van der Waals surface area (Å²) < 4.78 is 5.50. The minimum Gasteiger partial charge on any atom is -0.457 e. The van der Waals surface area contributed by atoms with Gasteiger partial charge in [0.15, 0.2) is 5.11 Å². The van der Waals surface area contributed by atoms with Crippen LogP contribution in [0.5, 0.6) is 0 Å². The highest BCUT2D eigenvalue weighted by atomic mass is 35.5. The van der Waals surface area contributed by atoms with Crippen molar-refractivity contribution in [1.29, 1.82) is 0 Å². The monoisotopic (exact) mass is 406 g/mol. The largest absolute Gasteiger partial charge is 0.457 e. The Morgan fingerprint density at radius 1 is 1.15 bits per heavy atom. The molecular formula is C19H16Cl2N2O2S. The predicted octanol–water partition coefficient (Wildman–Crippen LogP) is 4.53. The number of carbonyl (C=O) groups excluding carboxylic acids is 1. The molecule has 1 heterocycles. The average Bonchev–Trinajstić information content (AvgIpc) is 2.62. The number of hydrogen-bond donors (Lipinski definition) is 2. The number of benzene rings is 2. The Hall–Kier alpha value is -2.08. The molecule has 2 aromatic carbocycles. The molecule has 0 saturated carbocycles. The van der Waals surface area contributed by atoms with Crippen LogP contribution >= 0.6 is 35.4 Å². The molecule has 0 spiro atoms. The molecule has 0 unspecified atom stereocenters. The van der Waals surface area contributed by atoms with Gasteiger partial charge in [-0.3, -0.25) is 0 Å². The molecule has 1 aliphatic rings. The molecule has 0 aliphatic carbocycles. The van der Waals surface area contributed by atoms with E-state index in [1.807, 2.05) is 30.3 Å². The maximum atomic E-state index is 12.8. The molecule has 2 N–H and O–H groups in total. The van der Waals surface area contributed by atoms with Gasteiger partial charge in [-0.15, -0.1) is 0 Å². The molecular weight excluding hydrogens is 391 g/mol. The summed E-state index contributed by atoms with van der Waals surface area (Å²) in [5.74, 6) is -0.426. The first kappa shape index (κ1) is 18.7. The number of nitrogens with one attached hydrogen (secondary N) is 2. The fourth-order valence-electron chi connectivity index (χ4n) is 2.71. The first-order valence-corrected chi connectivity index (χ1v) is 9.06. The van der Waals surface area contributed by atoms with Crippen molar-refractivity contribution in [1.82, 2.24) is 10.6 Å². The Morgan fingerprint density at radius 2 is 1.88 bits per heavy atom. The van der Waals surface area contributed by atoms with E-state index in [2.05, 4.69) is 10.6 Å². The predicted molar refractivity (Wildman–Crippen MR) is 107 cm³/mol. The van der Waals surface area contributed by atoms with Gasteiger partial charge >= 0.3 is 5.97 Å². The second-order valence-corrected chi connectivity index (χ2v) is 7.03. The molecule has 3 rings (SSSR count). The van der Waals surface area contributed by atoms with E-state index in [0.717, 1.165) is 11.1 Å². The summed E-state index contributed by atoms with van der Waals surface area (Å²) in [6.07, 6.45) is 0. The van der Waals surface area contributed by atoms with Crippen LogP contribution in [0.2, 0.25) is 10.0 Å². The summed E-state index contributed by atoms with van der Waals surface area (Å²) in [4.78, 5) is 12.8. The molecule has 26 heavy (non-hydrogen) atoms. The van der Waals surface area contributed by atoms with Crippen molar-refractivity contribution in [3.8, 4) is 0 Å². The topological polar surface area (TPSA) is 50.4 Å². The van der Waals surface area contributed by atoms with E-state index < -0.39 is 12.0 Å². The van der Waals surface area contributed by atoms with Crippen molar-refractivity contribution < 1.29 is 9.53 Å². The number of esters is 1. The maximum absolute atomic E-state index is 12.8. The lowest BCUT2D eigenvalue weighted by Crippen LogP contribution is -2.45. The van der Waals surface area contributed by atoms with E-state index >= 15 is 0 Å². The number of ether oxygens (including phenoxy) is 1. The quantitative estimate of drug-likeness (QED) is 0.576. The van der Waals surface area contributed by atoms with Gasteiger partial charge in [-0.2, -0.15) is 0 Å². The highest BCUT2D eigenvalue weighted by Gasteiger charge is 2.31. The lowest BCUT2D eigenvalue weighted by molar-refractivity contribution is -0.140. The van der Waals surface area contributed by atoms with Gasteiger partial charge in [0.05, 0.1) is 21.7 Å². The molecule has 2 aromatic rings. The molecule has 1 aliphatic heterocycles. The lowest BCUT2D eigenvalue weighted by Gasteiger charge is -2.30. The van der Waals surface area contributed by atoms with Crippen molar-refractivity contribution >= 4 is 46.5 Å². The molecule has 0 bridgehead atoms. The number of halogens is 2. The van der Waals surface area contributed by atoms with Crippen LogP contribution in [-0.2, 0) is 16.1 Å². The molecule has 0 aromatic heterocycles. The molecule has 134 valence electrons. The second-order valence-electron chi connectivity index (χ2n) is 5.81. The molecule has 0 saturated heterocycles. The van der Waals surface area contributed by atoms with Gasteiger partial charge in [0.1, 0.15) is 6.61 Å². The average molecular weight is 407 g/mol. The normalized spacial score (nSPS) is 16.7. The SMILES string of the molecule is CC1=C(C(=O)OCc2ccccc2)[C@H](c2ccc(Cl)c(Cl)c2)NC(=S)N1. The van der Waals surface area contributed by atoms with Crippen LogP contribution in [0.4, 0.5) is 0 Å². The maximum Gasteiger partial charge on any atom is 0.338 e. The zero-order chi connectivity index (χ0) is 18.7. The third-order valence-corrected chi connectivity index (χ3v) is 4.94. The Bertz CT molecular complexity index is 884. The minimum atomic E-state index is -0.471. The molecule has 4 nitrogen and oxygen atoms in total. The number of thiocarbonyl (C=S) groups is 1. The summed E-state index contributed by atoms with van der Waals surface area (Å²) in [6, 6.07) is 14.2. The molecule has 0 fully saturated rings. The van der Waals surface area contributed by atoms with Gasteiger partial charge in [0.2, 0.25) is 0 Å². The fraction of sp³-hybridized carbons (Fsp3) is 0.158. The summed E-state index contributed by atoms with van der Waals surface area (Å²) in [5.41, 5.74) is 2.78. The van der Waals surface area contributed by atoms with Gasteiger partial charge in [-0.05, 0) is 42.4 Å². The van der Waals surface area contributed by atoms with E-state index in [0.29, 0.717) is 26.4 Å². The van der Waals surface area contributed by atoms with Crippen LogP contribution in [-0.4, -0.2) is 11.1 Å². The van der Waals surface area contributed by atoms with Gasteiger partial charge in [0, 0.05) is 5.70 Å². The molecule has 0 radical (unpaired) electrons. The number of allylic oxidation sites excluding steroid dienone is 1. The Balaban J connectivity index is 1.87. The highest BCUT2D eigenvalue weighted by Crippen LogP contribution is 2.32. The van der Waals surface area contributed by atoms with Crippen molar-refractivity contribution in [2.75, 3.05) is 0 Å². The number of carbonyl (C=O) groups is 1. The Labute approximate surface area is 167 Å². The van der Waals surface area contributed by atoms with Crippen molar-refractivity contribution in [2.45, 2.75) is 19.6 Å². The smallest absolute Gasteiger partial charge is 0.338 e. The second kappa shape index (κ2) is 8.08. The van der Waals surface area contributed by atoms with Crippen LogP contribution < -0.4 is 10.6 Å². The minimum absolute atomic E-state index is 0.189. The Morgan fingerprint density at radius 3 is 2.58 bits per heavy atom. The fourth-order valence-corrected chi connectivity index (χ4v) is 3.28. The standard InChI is InChI=1S/C19H16Cl2N2O2S/c1-11-16(18(24)25-10-12-5-3-2-4-6-12)17(23-19(26)22-11)13-7-8-14(20)15(21)9-13/h2-9,17H,10H2,1H3,(H2,22,23,26)/t17-/m0/s1. The van der Waals surface area contributed by atoms with Gasteiger partial charge in [0.25, 0.3) is 0 Å². The third-order valence-electron chi connectivity index (χ3n) is 3.98. The number of rotatable bonds is 4. The lowest BCUT2D eigenvalue weighted by atomic mass is 9.96. The van der Waals surface area contributed by atoms with Crippen LogP contribution in [0.15, 0.2) is 59.8 Å². The zero-order valence-corrected chi connectivity index (χ0v) is 16.2. The van der Waals surface area contributed by atoms with Crippen molar-refractivity contribution in [3.63, 3.8) is 0 Å². The van der Waals surface area contributed by atoms with Crippen LogP contribution in [0, 0.1) is 0 Å². The molecule has 7 heteroatoms. The number of hydrogen-bond acceptors (Lipinski definition) is 3. The van der Waals surface area contributed by atoms with E-state index in [4.69, 9.17) is 40.2 Å². The van der Waals surface area contributed by atoms with Gasteiger partial charge in [-0.1, -0.05) is 59.6 Å². The van der Waals surface area contributed by atoms with Crippen molar-refractivity contribution in [2.24, 2.45) is 0 Å². The first-order valence-electron chi connectivity index (χ1n) is 7.90. The molecule has 1 atom stereocenters. The van der Waals surface area contributed by atoms with Crippen LogP contribution in [0.25, 0.3) is 0 Å². The van der Waals surface area contributed by atoms with Gasteiger partial charge < -0.3 is 15.4 Å². The highest BCUT2D eigenvalue weighted by molar-refractivity contribution is 7.80. The van der Waals surface area contributed by atoms with Crippen LogP contribution in [0.3, 0.4) is 0 Å². The summed E-state index contributed by atoms with van der Waals surface area (Å²) in [6.45, 7) is 1.98. The summed E-state index contributed by atoms with van der Waals surface area (Å²) in [5, 5.41) is 7.35. The molecule has 0 amide bonds. The van der Waals surface area contributed by atoms with E-state index in [-0.39, 0.29) is 6.61 Å². The summed E-state index contributed by atoms with van der Waals surface area (Å²) >= 11 is 17.4. The van der Waals surface area contributed by atoms with E-state index in [9.17, 15) is 4.79 Å². The van der Waals surface area contributed by atoms with E-state index in [1.54, 1.807) is 25.1 Å². The van der Waals surface area contributed by atoms with Gasteiger partial charge in [-0.25, -0.2) is 4.79 Å². The Kier molecular flexibility index (Phi) is 5.81. The third kappa shape index (κ3) is 4.18. The first-order chi connectivity index (χ1) is 12.5. The summed E-state index contributed by atoms with van der Waals surface area (Å²) in [7, 11) is 0. The van der Waals surface area contributed by atoms with Crippen molar-refractivity contribution in [3.05, 3.63) is 81.0 Å². The van der Waals surface area contributed by atoms with E-state index in [1.165, 1.54) is 0 Å².